The number of halogens is 1. The zero-order chi connectivity index (χ0) is 21.8. The number of carbonyl (C=O) groups excluding carboxylic acids is 2. The number of hydrogen-bond acceptors (Lipinski definition) is 3. The quantitative estimate of drug-likeness (QED) is 0.543. The Hall–Kier alpha value is -3.12. The van der Waals surface area contributed by atoms with E-state index in [4.69, 9.17) is 4.74 Å². The first-order valence-electron chi connectivity index (χ1n) is 10.1. The van der Waals surface area contributed by atoms with Crippen LogP contribution < -0.4 is 10.1 Å². The van der Waals surface area contributed by atoms with E-state index in [-0.39, 0.29) is 18.4 Å². The summed E-state index contributed by atoms with van der Waals surface area (Å²) in [5, 5.41) is 2.81. The van der Waals surface area contributed by atoms with Gasteiger partial charge < -0.3 is 15.0 Å². The van der Waals surface area contributed by atoms with Crippen LogP contribution in [0.1, 0.15) is 27.0 Å². The van der Waals surface area contributed by atoms with Crippen molar-refractivity contribution in [2.24, 2.45) is 0 Å². The number of carbonyl (C=O) groups is 2. The van der Waals surface area contributed by atoms with Crippen LogP contribution in [0.2, 0.25) is 0 Å². The maximum absolute atomic E-state index is 13.1. The number of aryl methyl sites for hydroxylation is 1. The van der Waals surface area contributed by atoms with Crippen molar-refractivity contribution in [1.29, 1.82) is 0 Å². The van der Waals surface area contributed by atoms with E-state index in [1.165, 1.54) is 5.56 Å². The number of fused-ring (bicyclic) bond motifs is 1. The molecule has 0 bridgehead atoms. The van der Waals surface area contributed by atoms with Crippen LogP contribution in [0.3, 0.4) is 0 Å². The van der Waals surface area contributed by atoms with Crippen molar-refractivity contribution in [3.63, 3.8) is 0 Å². The van der Waals surface area contributed by atoms with Gasteiger partial charge in [-0.05, 0) is 55.3 Å². The number of benzene rings is 3. The number of rotatable bonds is 6. The van der Waals surface area contributed by atoms with Crippen molar-refractivity contribution >= 4 is 33.4 Å². The van der Waals surface area contributed by atoms with Gasteiger partial charge in [-0.3, -0.25) is 9.59 Å². The molecule has 0 spiro atoms. The summed E-state index contributed by atoms with van der Waals surface area (Å²) >= 11 is 3.37. The standard InChI is InChI=1S/C25H23BrN2O3/c1-17-4-2-5-18(14-17)15-28-13-12-21-22(25(28)30)6-3-7-23(21)31-16-24(29)27-20-10-8-19(26)9-11-20/h2-11,14H,12-13,15-16H2,1H3,(H,27,29). The van der Waals surface area contributed by atoms with E-state index >= 15 is 0 Å². The lowest BCUT2D eigenvalue weighted by molar-refractivity contribution is -0.118. The Labute approximate surface area is 190 Å². The molecule has 1 N–H and O–H groups in total. The summed E-state index contributed by atoms with van der Waals surface area (Å²) in [6.07, 6.45) is 0.692. The summed E-state index contributed by atoms with van der Waals surface area (Å²) in [5.74, 6) is 0.336. The monoisotopic (exact) mass is 478 g/mol. The van der Waals surface area contributed by atoms with Crippen molar-refractivity contribution in [2.75, 3.05) is 18.5 Å². The summed E-state index contributed by atoms with van der Waals surface area (Å²) in [6, 6.07) is 21.0. The van der Waals surface area contributed by atoms with Gasteiger partial charge in [0.25, 0.3) is 11.8 Å². The zero-order valence-electron chi connectivity index (χ0n) is 17.2. The second-order valence-corrected chi connectivity index (χ2v) is 8.51. The molecule has 0 radical (unpaired) electrons. The van der Waals surface area contributed by atoms with E-state index in [0.717, 1.165) is 15.6 Å². The van der Waals surface area contributed by atoms with Crippen molar-refractivity contribution in [3.05, 3.63) is 93.5 Å². The smallest absolute Gasteiger partial charge is 0.262 e. The fraction of sp³-hybridized carbons (Fsp3) is 0.200. The van der Waals surface area contributed by atoms with Crippen LogP contribution in [0.4, 0.5) is 5.69 Å². The molecule has 0 aromatic heterocycles. The Morgan fingerprint density at radius 3 is 2.65 bits per heavy atom. The first-order valence-corrected chi connectivity index (χ1v) is 10.9. The molecule has 2 amide bonds. The van der Waals surface area contributed by atoms with Gasteiger partial charge in [-0.25, -0.2) is 0 Å². The highest BCUT2D eigenvalue weighted by molar-refractivity contribution is 9.10. The molecule has 31 heavy (non-hydrogen) atoms. The molecule has 0 atom stereocenters. The summed E-state index contributed by atoms with van der Waals surface area (Å²) in [5.41, 5.74) is 4.51. The lowest BCUT2D eigenvalue weighted by atomic mass is 9.97. The first-order chi connectivity index (χ1) is 15.0. The fourth-order valence-corrected chi connectivity index (χ4v) is 4.00. The SMILES string of the molecule is Cc1cccc(CN2CCc3c(OCC(=O)Nc4ccc(Br)cc4)cccc3C2=O)c1. The summed E-state index contributed by atoms with van der Waals surface area (Å²) in [7, 11) is 0. The number of ether oxygens (including phenoxy) is 1. The maximum atomic E-state index is 13.1. The zero-order valence-corrected chi connectivity index (χ0v) is 18.8. The summed E-state index contributed by atoms with van der Waals surface area (Å²) in [6.45, 7) is 3.13. The van der Waals surface area contributed by atoms with Gasteiger partial charge in [0.1, 0.15) is 5.75 Å². The number of anilines is 1. The largest absolute Gasteiger partial charge is 0.483 e. The molecule has 6 heteroatoms. The van der Waals surface area contributed by atoms with E-state index < -0.39 is 0 Å². The van der Waals surface area contributed by atoms with Crippen LogP contribution in [0, 0.1) is 6.92 Å². The van der Waals surface area contributed by atoms with Gasteiger partial charge in [-0.2, -0.15) is 0 Å². The number of nitrogens with zero attached hydrogens (tertiary/aromatic N) is 1. The minimum absolute atomic E-state index is 0.00693. The van der Waals surface area contributed by atoms with Crippen molar-refractivity contribution < 1.29 is 14.3 Å². The molecule has 3 aromatic rings. The summed E-state index contributed by atoms with van der Waals surface area (Å²) < 4.78 is 6.73. The Kier molecular flexibility index (Phi) is 6.37. The van der Waals surface area contributed by atoms with Gasteiger partial charge in [-0.15, -0.1) is 0 Å². The molecule has 0 saturated heterocycles. The normalized spacial score (nSPS) is 13.0. The second-order valence-electron chi connectivity index (χ2n) is 7.59. The topological polar surface area (TPSA) is 58.6 Å². The van der Waals surface area contributed by atoms with Crippen LogP contribution in [0.5, 0.6) is 5.75 Å². The highest BCUT2D eigenvalue weighted by Crippen LogP contribution is 2.29. The molecular formula is C25H23BrN2O3. The molecule has 4 rings (SSSR count). The van der Waals surface area contributed by atoms with Crippen LogP contribution in [0.15, 0.2) is 71.2 Å². The van der Waals surface area contributed by atoms with Gasteiger partial charge in [0.15, 0.2) is 6.61 Å². The van der Waals surface area contributed by atoms with Gasteiger partial charge >= 0.3 is 0 Å². The molecule has 5 nitrogen and oxygen atoms in total. The Morgan fingerprint density at radius 2 is 1.87 bits per heavy atom. The lowest BCUT2D eigenvalue weighted by Gasteiger charge is -2.29. The maximum Gasteiger partial charge on any atom is 0.262 e. The highest BCUT2D eigenvalue weighted by atomic mass is 79.9. The van der Waals surface area contributed by atoms with Crippen LogP contribution in [0.25, 0.3) is 0 Å². The number of hydrogen-bond donors (Lipinski definition) is 1. The van der Waals surface area contributed by atoms with Crippen LogP contribution in [-0.2, 0) is 17.8 Å². The van der Waals surface area contributed by atoms with Crippen LogP contribution in [-0.4, -0.2) is 29.9 Å². The molecule has 0 saturated carbocycles. The van der Waals surface area contributed by atoms with E-state index in [1.54, 1.807) is 6.07 Å². The van der Waals surface area contributed by atoms with Gasteiger partial charge in [0.05, 0.1) is 0 Å². The molecule has 0 fully saturated rings. The van der Waals surface area contributed by atoms with Gasteiger partial charge in [-0.1, -0.05) is 51.8 Å². The molecule has 0 unspecified atom stereocenters. The highest BCUT2D eigenvalue weighted by Gasteiger charge is 2.26. The van der Waals surface area contributed by atoms with E-state index in [1.807, 2.05) is 66.4 Å². The average molecular weight is 479 g/mol. The van der Waals surface area contributed by atoms with Crippen molar-refractivity contribution in [1.82, 2.24) is 4.90 Å². The predicted octanol–water partition coefficient (Wildman–Crippen LogP) is 4.97. The van der Waals surface area contributed by atoms with E-state index in [9.17, 15) is 9.59 Å². The first kappa shape index (κ1) is 21.1. The van der Waals surface area contributed by atoms with Gasteiger partial charge in [0, 0.05) is 34.4 Å². The number of amides is 2. The second kappa shape index (κ2) is 9.35. The van der Waals surface area contributed by atoms with Crippen molar-refractivity contribution in [3.8, 4) is 5.75 Å². The third-order valence-electron chi connectivity index (χ3n) is 5.23. The molecular weight excluding hydrogens is 456 g/mol. The number of nitrogens with one attached hydrogen (secondary N) is 1. The molecule has 1 aliphatic heterocycles. The molecule has 1 heterocycles. The predicted molar refractivity (Wildman–Crippen MR) is 124 cm³/mol. The third kappa shape index (κ3) is 5.14. The van der Waals surface area contributed by atoms with Crippen molar-refractivity contribution in [2.45, 2.75) is 19.9 Å². The lowest BCUT2D eigenvalue weighted by Crippen LogP contribution is -2.37. The van der Waals surface area contributed by atoms with E-state index in [2.05, 4.69) is 27.3 Å². The molecule has 158 valence electrons. The molecule has 1 aliphatic rings. The fourth-order valence-electron chi connectivity index (χ4n) is 3.73. The molecule has 3 aromatic carbocycles. The van der Waals surface area contributed by atoms with Gasteiger partial charge in [0.2, 0.25) is 0 Å². The third-order valence-corrected chi connectivity index (χ3v) is 5.75. The Morgan fingerprint density at radius 1 is 1.10 bits per heavy atom. The average Bonchev–Trinajstić information content (AvgIpc) is 2.76. The van der Waals surface area contributed by atoms with Crippen LogP contribution >= 0.6 is 15.9 Å². The Balaban J connectivity index is 1.41. The minimum atomic E-state index is -0.247. The molecule has 0 aliphatic carbocycles. The Bertz CT molecular complexity index is 1110. The minimum Gasteiger partial charge on any atom is -0.483 e. The summed E-state index contributed by atoms with van der Waals surface area (Å²) in [4.78, 5) is 27.2. The van der Waals surface area contributed by atoms with E-state index in [0.29, 0.717) is 36.5 Å².